The molecule has 0 spiro atoms. The molecule has 0 bridgehead atoms. The molecule has 1 saturated carbocycles. The Morgan fingerprint density at radius 1 is 1.43 bits per heavy atom. The molecular formula is C16H23N5O2. The Morgan fingerprint density at radius 2 is 2.17 bits per heavy atom. The Morgan fingerprint density at radius 3 is 2.91 bits per heavy atom. The number of nitrogens with two attached hydrogens (primary N) is 1. The second-order valence-corrected chi connectivity index (χ2v) is 6.51. The summed E-state index contributed by atoms with van der Waals surface area (Å²) >= 11 is 0. The van der Waals surface area contributed by atoms with E-state index in [1.54, 1.807) is 19.2 Å². The highest BCUT2D eigenvalue weighted by Gasteiger charge is 2.27. The molecule has 124 valence electrons. The SMILES string of the molecule is Cc1nc2cc[nH]n2c(=O)c1CC(=O)NCC1(N)CCCCC1. The highest BCUT2D eigenvalue weighted by Crippen LogP contribution is 2.25. The van der Waals surface area contributed by atoms with Crippen molar-refractivity contribution in [2.24, 2.45) is 5.73 Å². The van der Waals surface area contributed by atoms with Crippen LogP contribution >= 0.6 is 0 Å². The molecule has 0 aromatic carbocycles. The summed E-state index contributed by atoms with van der Waals surface area (Å²) < 4.78 is 1.35. The van der Waals surface area contributed by atoms with Crippen LogP contribution in [0.2, 0.25) is 0 Å². The van der Waals surface area contributed by atoms with Gasteiger partial charge in [0.2, 0.25) is 5.91 Å². The number of fused-ring (bicyclic) bond motifs is 1. The van der Waals surface area contributed by atoms with Gasteiger partial charge in [0.05, 0.1) is 6.42 Å². The van der Waals surface area contributed by atoms with E-state index in [0.717, 1.165) is 25.7 Å². The molecule has 1 aliphatic carbocycles. The molecule has 2 aromatic heterocycles. The number of aromatic amines is 1. The first-order valence-electron chi connectivity index (χ1n) is 8.10. The molecule has 4 N–H and O–H groups in total. The first-order valence-corrected chi connectivity index (χ1v) is 8.10. The van der Waals surface area contributed by atoms with Crippen LogP contribution in [0.3, 0.4) is 0 Å². The normalized spacial score (nSPS) is 17.3. The lowest BCUT2D eigenvalue weighted by Crippen LogP contribution is -2.51. The van der Waals surface area contributed by atoms with Gasteiger partial charge in [0.1, 0.15) is 0 Å². The monoisotopic (exact) mass is 317 g/mol. The third-order valence-corrected chi connectivity index (χ3v) is 4.67. The Bertz CT molecular complexity index is 770. The third-order valence-electron chi connectivity index (χ3n) is 4.67. The zero-order valence-electron chi connectivity index (χ0n) is 13.4. The van der Waals surface area contributed by atoms with Gasteiger partial charge in [-0.25, -0.2) is 9.50 Å². The van der Waals surface area contributed by atoms with Gasteiger partial charge in [0.25, 0.3) is 5.56 Å². The highest BCUT2D eigenvalue weighted by molar-refractivity contribution is 5.78. The maximum absolute atomic E-state index is 12.4. The van der Waals surface area contributed by atoms with Crippen molar-refractivity contribution in [3.8, 4) is 0 Å². The average molecular weight is 317 g/mol. The fraction of sp³-hybridized carbons (Fsp3) is 0.562. The summed E-state index contributed by atoms with van der Waals surface area (Å²) in [5.74, 6) is -0.186. The molecule has 1 amide bonds. The average Bonchev–Trinajstić information content (AvgIpc) is 2.99. The van der Waals surface area contributed by atoms with Crippen LogP contribution in [0.1, 0.15) is 43.4 Å². The molecule has 0 radical (unpaired) electrons. The van der Waals surface area contributed by atoms with Crippen LogP contribution in [0.15, 0.2) is 17.1 Å². The van der Waals surface area contributed by atoms with Crippen LogP contribution in [0.4, 0.5) is 0 Å². The van der Waals surface area contributed by atoms with E-state index in [-0.39, 0.29) is 23.4 Å². The summed E-state index contributed by atoms with van der Waals surface area (Å²) in [6, 6.07) is 1.72. The van der Waals surface area contributed by atoms with Crippen molar-refractivity contribution in [2.75, 3.05) is 6.54 Å². The van der Waals surface area contributed by atoms with E-state index in [1.807, 2.05) is 0 Å². The minimum Gasteiger partial charge on any atom is -0.354 e. The summed E-state index contributed by atoms with van der Waals surface area (Å²) in [6.07, 6.45) is 6.98. The van der Waals surface area contributed by atoms with Crippen LogP contribution in [-0.4, -0.2) is 32.6 Å². The van der Waals surface area contributed by atoms with Gasteiger partial charge in [-0.2, -0.15) is 0 Å². The number of carbonyl (C=O) groups excluding carboxylic acids is 1. The van der Waals surface area contributed by atoms with Gasteiger partial charge in [-0.3, -0.25) is 14.7 Å². The number of hydrogen-bond acceptors (Lipinski definition) is 4. The van der Waals surface area contributed by atoms with Gasteiger partial charge in [-0.05, 0) is 19.8 Å². The van der Waals surface area contributed by atoms with Crippen molar-refractivity contribution >= 4 is 11.6 Å². The molecule has 1 aliphatic rings. The fourth-order valence-corrected chi connectivity index (χ4v) is 3.24. The van der Waals surface area contributed by atoms with Gasteiger partial charge >= 0.3 is 0 Å². The largest absolute Gasteiger partial charge is 0.354 e. The molecule has 7 nitrogen and oxygen atoms in total. The molecule has 1 fully saturated rings. The van der Waals surface area contributed by atoms with Crippen LogP contribution < -0.4 is 16.6 Å². The second kappa shape index (κ2) is 6.16. The Balaban J connectivity index is 1.69. The molecule has 0 atom stereocenters. The molecule has 0 unspecified atom stereocenters. The molecule has 3 rings (SSSR count). The number of nitrogens with zero attached hydrogens (tertiary/aromatic N) is 2. The Kier molecular flexibility index (Phi) is 4.21. The number of aryl methyl sites for hydroxylation is 1. The minimum atomic E-state index is -0.306. The van der Waals surface area contributed by atoms with Gasteiger partial charge < -0.3 is 11.1 Å². The predicted octanol–water partition coefficient (Wildman–Crippen LogP) is 0.651. The van der Waals surface area contributed by atoms with E-state index in [0.29, 0.717) is 23.4 Å². The van der Waals surface area contributed by atoms with Gasteiger partial charge in [0, 0.05) is 35.6 Å². The fourth-order valence-electron chi connectivity index (χ4n) is 3.24. The molecule has 7 heteroatoms. The summed E-state index contributed by atoms with van der Waals surface area (Å²) in [7, 11) is 0. The summed E-state index contributed by atoms with van der Waals surface area (Å²) in [6.45, 7) is 2.22. The quantitative estimate of drug-likeness (QED) is 0.770. The third kappa shape index (κ3) is 3.29. The number of amides is 1. The summed E-state index contributed by atoms with van der Waals surface area (Å²) in [5, 5.41) is 5.70. The standard InChI is InChI=1S/C16H23N5O2/c1-11-12(15(23)21-13(20-11)5-8-19-21)9-14(22)18-10-16(17)6-3-2-4-7-16/h5,8,19H,2-4,6-7,9-10,17H2,1H3,(H,18,22). The number of rotatable bonds is 4. The smallest absolute Gasteiger partial charge is 0.276 e. The summed E-state index contributed by atoms with van der Waals surface area (Å²) in [5.41, 5.74) is 7.35. The van der Waals surface area contributed by atoms with Crippen molar-refractivity contribution in [3.05, 3.63) is 33.9 Å². The van der Waals surface area contributed by atoms with Gasteiger partial charge in [0.15, 0.2) is 5.65 Å². The zero-order valence-corrected chi connectivity index (χ0v) is 13.4. The molecule has 2 heterocycles. The van der Waals surface area contributed by atoms with Crippen molar-refractivity contribution in [1.29, 1.82) is 0 Å². The van der Waals surface area contributed by atoms with Crippen LogP contribution in [-0.2, 0) is 11.2 Å². The maximum Gasteiger partial charge on any atom is 0.276 e. The van der Waals surface area contributed by atoms with Crippen molar-refractivity contribution in [1.82, 2.24) is 19.9 Å². The van der Waals surface area contributed by atoms with Crippen molar-refractivity contribution < 1.29 is 4.79 Å². The minimum absolute atomic E-state index is 0.0235. The molecule has 0 saturated heterocycles. The van der Waals surface area contributed by atoms with Crippen LogP contribution in [0.25, 0.3) is 5.65 Å². The van der Waals surface area contributed by atoms with E-state index in [1.165, 1.54) is 10.9 Å². The number of carbonyl (C=O) groups is 1. The number of nitrogens with one attached hydrogen (secondary N) is 2. The van der Waals surface area contributed by atoms with E-state index < -0.39 is 0 Å². The lowest BCUT2D eigenvalue weighted by atomic mass is 9.82. The molecule has 0 aliphatic heterocycles. The first-order chi connectivity index (χ1) is 11.0. The number of H-pyrrole nitrogens is 1. The van der Waals surface area contributed by atoms with Crippen molar-refractivity contribution in [2.45, 2.75) is 51.0 Å². The van der Waals surface area contributed by atoms with E-state index in [9.17, 15) is 9.59 Å². The van der Waals surface area contributed by atoms with E-state index in [2.05, 4.69) is 15.4 Å². The molecule has 23 heavy (non-hydrogen) atoms. The van der Waals surface area contributed by atoms with Crippen molar-refractivity contribution in [3.63, 3.8) is 0 Å². The Hall–Kier alpha value is -2.15. The highest BCUT2D eigenvalue weighted by atomic mass is 16.2. The second-order valence-electron chi connectivity index (χ2n) is 6.51. The Labute approximate surface area is 134 Å². The van der Waals surface area contributed by atoms with Gasteiger partial charge in [-0.15, -0.1) is 0 Å². The maximum atomic E-state index is 12.4. The summed E-state index contributed by atoms with van der Waals surface area (Å²) in [4.78, 5) is 29.0. The van der Waals surface area contributed by atoms with Gasteiger partial charge in [-0.1, -0.05) is 19.3 Å². The lowest BCUT2D eigenvalue weighted by Gasteiger charge is -2.33. The van der Waals surface area contributed by atoms with Crippen LogP contribution in [0, 0.1) is 6.92 Å². The topological polar surface area (TPSA) is 105 Å². The first kappa shape index (κ1) is 15.7. The zero-order chi connectivity index (χ0) is 16.4. The van der Waals surface area contributed by atoms with E-state index in [4.69, 9.17) is 5.73 Å². The molecule has 2 aromatic rings. The number of hydrogen-bond donors (Lipinski definition) is 3. The molecular weight excluding hydrogens is 294 g/mol. The van der Waals surface area contributed by atoms with Crippen LogP contribution in [0.5, 0.6) is 0 Å². The predicted molar refractivity (Wildman–Crippen MR) is 87.3 cm³/mol. The lowest BCUT2D eigenvalue weighted by molar-refractivity contribution is -0.120. The van der Waals surface area contributed by atoms with E-state index >= 15 is 0 Å². The number of aromatic nitrogens is 3.